The van der Waals surface area contributed by atoms with E-state index >= 15 is 0 Å². The van der Waals surface area contributed by atoms with Crippen molar-refractivity contribution in [1.29, 1.82) is 0 Å². The number of benzene rings is 2. The molecule has 0 unspecified atom stereocenters. The highest BCUT2D eigenvalue weighted by molar-refractivity contribution is 9.11. The van der Waals surface area contributed by atoms with E-state index in [1.807, 2.05) is 36.4 Å². The van der Waals surface area contributed by atoms with Crippen molar-refractivity contribution in [3.05, 3.63) is 49.8 Å². The highest BCUT2D eigenvalue weighted by atomic mass is 79.9. The Kier molecular flexibility index (Phi) is 6.39. The molecule has 0 aliphatic rings. The third-order valence-electron chi connectivity index (χ3n) is 2.62. The summed E-state index contributed by atoms with van der Waals surface area (Å²) < 4.78 is 14.2. The number of ether oxygens (including phenoxy) is 2. The summed E-state index contributed by atoms with van der Waals surface area (Å²) in [6.45, 7) is 1.15. The van der Waals surface area contributed by atoms with Gasteiger partial charge in [-0.25, -0.2) is 0 Å². The molecule has 0 aliphatic heterocycles. The molecule has 0 aliphatic carbocycles. The van der Waals surface area contributed by atoms with Crippen molar-refractivity contribution in [2.75, 3.05) is 18.9 Å². The predicted molar refractivity (Wildman–Crippen MR) is 96.0 cm³/mol. The van der Waals surface area contributed by atoms with Crippen molar-refractivity contribution in [1.82, 2.24) is 0 Å². The molecule has 21 heavy (non-hydrogen) atoms. The summed E-state index contributed by atoms with van der Waals surface area (Å²) in [5, 5.41) is 0. The Labute approximate surface area is 149 Å². The van der Waals surface area contributed by atoms with Crippen LogP contribution < -0.4 is 15.2 Å². The number of nitrogens with two attached hydrogens (primary N) is 1. The highest BCUT2D eigenvalue weighted by Crippen LogP contribution is 2.36. The molecule has 0 amide bonds. The molecule has 0 heterocycles. The lowest BCUT2D eigenvalue weighted by Crippen LogP contribution is -2.05. The zero-order valence-corrected chi connectivity index (χ0v) is 15.9. The van der Waals surface area contributed by atoms with E-state index < -0.39 is 0 Å². The van der Waals surface area contributed by atoms with Crippen LogP contribution in [-0.2, 0) is 0 Å². The smallest absolute Gasteiger partial charge is 0.147 e. The van der Waals surface area contributed by atoms with Gasteiger partial charge in [0.1, 0.15) is 11.5 Å². The number of nitrogen functional groups attached to an aromatic ring is 1. The zero-order chi connectivity index (χ0) is 15.2. The summed E-state index contributed by atoms with van der Waals surface area (Å²) in [5.74, 6) is 1.57. The van der Waals surface area contributed by atoms with Gasteiger partial charge in [0.2, 0.25) is 0 Å². The molecule has 6 heteroatoms. The summed E-state index contributed by atoms with van der Waals surface area (Å²) in [5.41, 5.74) is 6.39. The molecular weight excluding hydrogens is 466 g/mol. The molecule has 0 saturated heterocycles. The first-order chi connectivity index (χ1) is 10.1. The maximum Gasteiger partial charge on any atom is 0.147 e. The minimum Gasteiger partial charge on any atom is -0.493 e. The van der Waals surface area contributed by atoms with E-state index in [0.717, 1.165) is 31.3 Å². The van der Waals surface area contributed by atoms with E-state index in [-0.39, 0.29) is 0 Å². The summed E-state index contributed by atoms with van der Waals surface area (Å²) in [4.78, 5) is 0. The van der Waals surface area contributed by atoms with Gasteiger partial charge in [-0.1, -0.05) is 22.0 Å². The average Bonchev–Trinajstić information content (AvgIpc) is 2.41. The minimum atomic E-state index is 0.571. The van der Waals surface area contributed by atoms with Gasteiger partial charge >= 0.3 is 0 Å². The van der Waals surface area contributed by atoms with E-state index in [9.17, 15) is 0 Å². The standard InChI is InChI=1S/C15H14Br3NO2/c16-10-7-13(17)15(14(18)8-10)21-6-2-5-20-12-4-1-3-11(19)9-12/h1,3-4,7-9H,2,5-6,19H2. The predicted octanol–water partition coefficient (Wildman–Crippen LogP) is 5.40. The van der Waals surface area contributed by atoms with Crippen LogP contribution in [0.5, 0.6) is 11.5 Å². The largest absolute Gasteiger partial charge is 0.493 e. The number of halogens is 3. The molecule has 0 aromatic heterocycles. The molecular formula is C15H14Br3NO2. The van der Waals surface area contributed by atoms with E-state index in [2.05, 4.69) is 47.8 Å². The van der Waals surface area contributed by atoms with Crippen molar-refractivity contribution >= 4 is 53.5 Å². The molecule has 2 aromatic carbocycles. The van der Waals surface area contributed by atoms with Gasteiger partial charge in [-0.2, -0.15) is 0 Å². The molecule has 0 fully saturated rings. The first-order valence-corrected chi connectivity index (χ1v) is 8.70. The van der Waals surface area contributed by atoms with E-state index in [1.54, 1.807) is 0 Å². The van der Waals surface area contributed by atoms with Crippen molar-refractivity contribution in [3.63, 3.8) is 0 Å². The number of hydrogen-bond acceptors (Lipinski definition) is 3. The van der Waals surface area contributed by atoms with Crippen molar-refractivity contribution in [2.24, 2.45) is 0 Å². The number of hydrogen-bond donors (Lipinski definition) is 1. The van der Waals surface area contributed by atoms with Gasteiger partial charge in [0, 0.05) is 22.6 Å². The van der Waals surface area contributed by atoms with Crippen LogP contribution in [0.4, 0.5) is 5.69 Å². The van der Waals surface area contributed by atoms with Crippen LogP contribution in [0.2, 0.25) is 0 Å². The second kappa shape index (κ2) is 8.06. The summed E-state index contributed by atoms with van der Waals surface area (Å²) in [7, 11) is 0. The SMILES string of the molecule is Nc1cccc(OCCCOc2c(Br)cc(Br)cc2Br)c1. The maximum absolute atomic E-state index is 5.76. The molecule has 3 nitrogen and oxygen atoms in total. The fraction of sp³-hybridized carbons (Fsp3) is 0.200. The molecule has 2 N–H and O–H groups in total. The van der Waals surface area contributed by atoms with Crippen LogP contribution in [0, 0.1) is 0 Å². The van der Waals surface area contributed by atoms with Gasteiger partial charge in [-0.3, -0.25) is 0 Å². The zero-order valence-electron chi connectivity index (χ0n) is 11.1. The normalized spacial score (nSPS) is 10.4. The van der Waals surface area contributed by atoms with E-state index in [1.165, 1.54) is 0 Å². The molecule has 0 atom stereocenters. The molecule has 2 rings (SSSR count). The molecule has 0 bridgehead atoms. The van der Waals surface area contributed by atoms with Gasteiger partial charge in [0.25, 0.3) is 0 Å². The van der Waals surface area contributed by atoms with E-state index in [4.69, 9.17) is 15.2 Å². The van der Waals surface area contributed by atoms with Crippen LogP contribution in [0.25, 0.3) is 0 Å². The first kappa shape index (κ1) is 16.6. The minimum absolute atomic E-state index is 0.571. The second-order valence-electron chi connectivity index (χ2n) is 4.32. The molecule has 2 aromatic rings. The van der Waals surface area contributed by atoms with Gasteiger partial charge in [0.15, 0.2) is 0 Å². The fourth-order valence-electron chi connectivity index (χ4n) is 1.69. The highest BCUT2D eigenvalue weighted by Gasteiger charge is 2.08. The molecule has 0 saturated carbocycles. The lowest BCUT2D eigenvalue weighted by atomic mass is 10.3. The molecule has 0 spiro atoms. The van der Waals surface area contributed by atoms with Crippen molar-refractivity contribution in [3.8, 4) is 11.5 Å². The third kappa shape index (κ3) is 5.20. The Morgan fingerprint density at radius 1 is 0.905 bits per heavy atom. The summed E-state index contributed by atoms with van der Waals surface area (Å²) in [6.07, 6.45) is 0.781. The Morgan fingerprint density at radius 3 is 2.24 bits per heavy atom. The van der Waals surface area contributed by atoms with Gasteiger partial charge in [-0.05, 0) is 56.1 Å². The maximum atomic E-state index is 5.76. The van der Waals surface area contributed by atoms with Crippen LogP contribution in [0.3, 0.4) is 0 Å². The summed E-state index contributed by atoms with van der Waals surface area (Å²) in [6, 6.07) is 11.3. The Morgan fingerprint density at radius 2 is 1.57 bits per heavy atom. The van der Waals surface area contributed by atoms with Crippen molar-refractivity contribution < 1.29 is 9.47 Å². The average molecular weight is 480 g/mol. The monoisotopic (exact) mass is 477 g/mol. The lowest BCUT2D eigenvalue weighted by molar-refractivity contribution is 0.246. The van der Waals surface area contributed by atoms with Gasteiger partial charge in [-0.15, -0.1) is 0 Å². The topological polar surface area (TPSA) is 44.5 Å². The van der Waals surface area contributed by atoms with E-state index in [0.29, 0.717) is 18.9 Å². The quantitative estimate of drug-likeness (QED) is 0.445. The Hall–Kier alpha value is -0.720. The fourth-order valence-corrected chi connectivity index (χ4v) is 4.18. The Bertz CT molecular complexity index is 597. The summed E-state index contributed by atoms with van der Waals surface area (Å²) >= 11 is 10.4. The molecule has 112 valence electrons. The number of anilines is 1. The van der Waals surface area contributed by atoms with Crippen LogP contribution >= 0.6 is 47.8 Å². The molecule has 0 radical (unpaired) electrons. The van der Waals surface area contributed by atoms with Gasteiger partial charge in [0.05, 0.1) is 22.2 Å². The van der Waals surface area contributed by atoms with Crippen LogP contribution in [-0.4, -0.2) is 13.2 Å². The first-order valence-electron chi connectivity index (χ1n) is 6.32. The Balaban J connectivity index is 1.78. The second-order valence-corrected chi connectivity index (χ2v) is 6.95. The van der Waals surface area contributed by atoms with Crippen LogP contribution in [0.1, 0.15) is 6.42 Å². The van der Waals surface area contributed by atoms with Crippen molar-refractivity contribution in [2.45, 2.75) is 6.42 Å². The lowest BCUT2D eigenvalue weighted by Gasteiger charge is -2.11. The van der Waals surface area contributed by atoms with Gasteiger partial charge < -0.3 is 15.2 Å². The third-order valence-corrected chi connectivity index (χ3v) is 4.26. The van der Waals surface area contributed by atoms with Crippen LogP contribution in [0.15, 0.2) is 49.8 Å². The number of rotatable bonds is 6.